The van der Waals surface area contributed by atoms with Crippen LogP contribution < -0.4 is 4.72 Å². The monoisotopic (exact) mass is 311 g/mol. The van der Waals surface area contributed by atoms with Gasteiger partial charge in [-0.05, 0) is 55.2 Å². The first-order valence-corrected chi connectivity index (χ1v) is 9.03. The van der Waals surface area contributed by atoms with Crippen molar-refractivity contribution < 1.29 is 13.5 Å². The van der Waals surface area contributed by atoms with Crippen LogP contribution in [0.4, 0.5) is 0 Å². The minimum absolute atomic E-state index is 0.00549. The van der Waals surface area contributed by atoms with E-state index in [9.17, 15) is 13.5 Å². The van der Waals surface area contributed by atoms with E-state index in [0.29, 0.717) is 23.0 Å². The second-order valence-corrected chi connectivity index (χ2v) is 8.12. The summed E-state index contributed by atoms with van der Waals surface area (Å²) in [6.07, 6.45) is 2.95. The van der Waals surface area contributed by atoms with Crippen LogP contribution in [0.1, 0.15) is 44.2 Å². The number of aliphatic hydroxyl groups is 1. The Morgan fingerprint density at radius 2 is 1.81 bits per heavy atom. The lowest BCUT2D eigenvalue weighted by Crippen LogP contribution is -2.40. The van der Waals surface area contributed by atoms with Gasteiger partial charge in [0.1, 0.15) is 0 Å². The summed E-state index contributed by atoms with van der Waals surface area (Å²) < 4.78 is 28.1. The summed E-state index contributed by atoms with van der Waals surface area (Å²) in [7, 11) is -3.53. The predicted molar refractivity (Wildman–Crippen MR) is 83.4 cm³/mol. The summed E-state index contributed by atoms with van der Waals surface area (Å²) in [5.41, 5.74) is 1.28. The van der Waals surface area contributed by atoms with Gasteiger partial charge in [-0.15, -0.1) is 0 Å². The van der Waals surface area contributed by atoms with Crippen molar-refractivity contribution in [3.8, 4) is 0 Å². The van der Waals surface area contributed by atoms with Crippen molar-refractivity contribution in [2.24, 2.45) is 11.8 Å². The van der Waals surface area contributed by atoms with Gasteiger partial charge in [-0.2, -0.15) is 0 Å². The highest BCUT2D eigenvalue weighted by molar-refractivity contribution is 7.89. The molecule has 2 rings (SSSR count). The maximum absolute atomic E-state index is 12.6. The molecule has 1 saturated carbocycles. The van der Waals surface area contributed by atoms with Crippen molar-refractivity contribution >= 4 is 10.0 Å². The summed E-state index contributed by atoms with van der Waals surface area (Å²) in [5.74, 6) is 1.10. The van der Waals surface area contributed by atoms with Crippen LogP contribution in [0.2, 0.25) is 0 Å². The van der Waals surface area contributed by atoms with E-state index in [4.69, 9.17) is 0 Å². The van der Waals surface area contributed by atoms with Gasteiger partial charge in [0, 0.05) is 6.04 Å². The SMILES string of the molecule is Cc1c(CO)cccc1S(=O)(=O)NC1CC(C)CC(C)C1. The molecule has 2 atom stereocenters. The zero-order valence-electron chi connectivity index (χ0n) is 13.0. The highest BCUT2D eigenvalue weighted by atomic mass is 32.2. The Bertz CT molecular complexity index is 588. The molecule has 0 spiro atoms. The lowest BCUT2D eigenvalue weighted by Gasteiger charge is -2.31. The standard InChI is InChI=1S/C16H25NO3S/c1-11-7-12(2)9-15(8-11)17-21(19,20)16-6-4-5-14(10-18)13(16)3/h4-6,11-12,15,17-18H,7-10H2,1-3H3. The smallest absolute Gasteiger partial charge is 0.241 e. The van der Waals surface area contributed by atoms with E-state index < -0.39 is 10.0 Å². The van der Waals surface area contributed by atoms with E-state index >= 15 is 0 Å². The number of rotatable bonds is 4. The number of sulfonamides is 1. The van der Waals surface area contributed by atoms with Crippen LogP contribution in [0, 0.1) is 18.8 Å². The molecule has 2 N–H and O–H groups in total. The van der Waals surface area contributed by atoms with Crippen molar-refractivity contribution in [1.82, 2.24) is 4.72 Å². The topological polar surface area (TPSA) is 66.4 Å². The quantitative estimate of drug-likeness (QED) is 0.898. The van der Waals surface area contributed by atoms with Crippen LogP contribution in [-0.4, -0.2) is 19.6 Å². The van der Waals surface area contributed by atoms with Crippen molar-refractivity contribution in [2.75, 3.05) is 0 Å². The number of aliphatic hydroxyl groups excluding tert-OH is 1. The number of nitrogens with one attached hydrogen (secondary N) is 1. The average molecular weight is 311 g/mol. The van der Waals surface area contributed by atoms with Gasteiger partial charge >= 0.3 is 0 Å². The first-order valence-electron chi connectivity index (χ1n) is 7.55. The molecule has 0 amide bonds. The van der Waals surface area contributed by atoms with Gasteiger partial charge in [-0.25, -0.2) is 13.1 Å². The van der Waals surface area contributed by atoms with Crippen molar-refractivity contribution in [3.05, 3.63) is 29.3 Å². The Kier molecular flexibility index (Phi) is 5.07. The summed E-state index contributed by atoms with van der Waals surface area (Å²) >= 11 is 0. The van der Waals surface area contributed by atoms with Gasteiger partial charge in [0.15, 0.2) is 0 Å². The molecule has 21 heavy (non-hydrogen) atoms. The van der Waals surface area contributed by atoms with Gasteiger partial charge in [0.05, 0.1) is 11.5 Å². The summed E-state index contributed by atoms with van der Waals surface area (Å²) in [6, 6.07) is 5.04. The van der Waals surface area contributed by atoms with E-state index in [1.165, 1.54) is 0 Å². The zero-order valence-corrected chi connectivity index (χ0v) is 13.8. The molecule has 1 aromatic carbocycles. The average Bonchev–Trinajstić information content (AvgIpc) is 2.36. The molecule has 2 unspecified atom stereocenters. The van der Waals surface area contributed by atoms with E-state index in [-0.39, 0.29) is 17.5 Å². The maximum atomic E-state index is 12.6. The normalized spacial score (nSPS) is 26.8. The largest absolute Gasteiger partial charge is 0.392 e. The third-order valence-corrected chi connectivity index (χ3v) is 6.02. The Labute approximate surface area is 127 Å². The van der Waals surface area contributed by atoms with Crippen LogP contribution in [0.3, 0.4) is 0 Å². The fourth-order valence-electron chi connectivity index (χ4n) is 3.45. The Morgan fingerprint density at radius 3 is 2.38 bits per heavy atom. The molecule has 0 saturated heterocycles. The summed E-state index contributed by atoms with van der Waals surface area (Å²) in [6.45, 7) is 5.95. The van der Waals surface area contributed by atoms with Crippen LogP contribution >= 0.6 is 0 Å². The third-order valence-electron chi connectivity index (χ3n) is 4.36. The molecule has 0 aromatic heterocycles. The summed E-state index contributed by atoms with van der Waals surface area (Å²) in [4.78, 5) is 0.278. The molecule has 0 aliphatic heterocycles. The highest BCUT2D eigenvalue weighted by Gasteiger charge is 2.28. The molecule has 1 aliphatic rings. The lowest BCUT2D eigenvalue weighted by molar-refractivity contribution is 0.257. The third kappa shape index (κ3) is 3.84. The van der Waals surface area contributed by atoms with Crippen molar-refractivity contribution in [1.29, 1.82) is 0 Å². The minimum Gasteiger partial charge on any atom is -0.392 e. The highest BCUT2D eigenvalue weighted by Crippen LogP contribution is 2.30. The van der Waals surface area contributed by atoms with Gasteiger partial charge in [0.25, 0.3) is 0 Å². The second kappa shape index (κ2) is 6.46. The minimum atomic E-state index is -3.53. The number of hydrogen-bond acceptors (Lipinski definition) is 3. The van der Waals surface area contributed by atoms with Crippen LogP contribution in [0.15, 0.2) is 23.1 Å². The van der Waals surface area contributed by atoms with Gasteiger partial charge in [-0.1, -0.05) is 26.0 Å². The Balaban J connectivity index is 2.23. The summed E-state index contributed by atoms with van der Waals surface area (Å²) in [5, 5.41) is 9.28. The van der Waals surface area contributed by atoms with Gasteiger partial charge in [0.2, 0.25) is 10.0 Å². The van der Waals surface area contributed by atoms with Gasteiger partial charge < -0.3 is 5.11 Å². The molecule has 1 aliphatic carbocycles. The molecule has 0 heterocycles. The van der Waals surface area contributed by atoms with Crippen molar-refractivity contribution in [2.45, 2.75) is 57.6 Å². The molecule has 5 heteroatoms. The van der Waals surface area contributed by atoms with Crippen LogP contribution in [0.5, 0.6) is 0 Å². The predicted octanol–water partition coefficient (Wildman–Crippen LogP) is 2.59. The van der Waals surface area contributed by atoms with E-state index in [1.54, 1.807) is 25.1 Å². The fraction of sp³-hybridized carbons (Fsp3) is 0.625. The maximum Gasteiger partial charge on any atom is 0.241 e. The molecule has 4 nitrogen and oxygen atoms in total. The molecular formula is C16H25NO3S. The van der Waals surface area contributed by atoms with Crippen molar-refractivity contribution in [3.63, 3.8) is 0 Å². The van der Waals surface area contributed by atoms with Gasteiger partial charge in [-0.3, -0.25) is 0 Å². The Morgan fingerprint density at radius 1 is 1.19 bits per heavy atom. The van der Waals surface area contributed by atoms with E-state index in [1.807, 2.05) is 0 Å². The first-order chi connectivity index (χ1) is 9.83. The molecule has 1 aromatic rings. The molecular weight excluding hydrogens is 286 g/mol. The van der Waals surface area contributed by atoms with E-state index in [0.717, 1.165) is 19.3 Å². The Hall–Kier alpha value is -0.910. The molecule has 118 valence electrons. The van der Waals surface area contributed by atoms with E-state index in [2.05, 4.69) is 18.6 Å². The molecule has 0 bridgehead atoms. The molecule has 0 radical (unpaired) electrons. The van der Waals surface area contributed by atoms with Crippen LogP contribution in [0.25, 0.3) is 0 Å². The molecule has 1 fully saturated rings. The number of benzene rings is 1. The fourth-order valence-corrected chi connectivity index (χ4v) is 5.00. The number of hydrogen-bond donors (Lipinski definition) is 2. The van der Waals surface area contributed by atoms with Crippen LogP contribution in [-0.2, 0) is 16.6 Å². The lowest BCUT2D eigenvalue weighted by atomic mass is 9.81. The zero-order chi connectivity index (χ0) is 15.6. The first kappa shape index (κ1) is 16.5. The second-order valence-electron chi connectivity index (χ2n) is 6.43.